The molecule has 0 unspecified atom stereocenters. The number of rotatable bonds is 4. The molecule has 0 radical (unpaired) electrons. The van der Waals surface area contributed by atoms with E-state index in [1.165, 1.54) is 12.1 Å². The number of likely N-dealkylation sites (N-methyl/N-ethyl adjacent to an activating group) is 1. The first-order valence-electron chi connectivity index (χ1n) is 9.81. The van der Waals surface area contributed by atoms with Crippen molar-refractivity contribution in [3.05, 3.63) is 30.1 Å². The summed E-state index contributed by atoms with van der Waals surface area (Å²) in [6.45, 7) is 8.58. The summed E-state index contributed by atoms with van der Waals surface area (Å²) in [6.07, 6.45) is 2.66. The summed E-state index contributed by atoms with van der Waals surface area (Å²) < 4.78 is 13.1. The molecule has 5 nitrogen and oxygen atoms in total. The summed E-state index contributed by atoms with van der Waals surface area (Å²) in [7, 11) is 0. The van der Waals surface area contributed by atoms with E-state index in [0.717, 1.165) is 44.6 Å². The van der Waals surface area contributed by atoms with Crippen LogP contribution in [0.4, 0.5) is 10.1 Å². The summed E-state index contributed by atoms with van der Waals surface area (Å²) in [5.41, 5.74) is 0.518. The summed E-state index contributed by atoms with van der Waals surface area (Å²) in [5.74, 6) is 0.288. The quantitative estimate of drug-likeness (QED) is 0.771. The molecule has 1 amide bonds. The molecule has 1 aromatic rings. The van der Waals surface area contributed by atoms with E-state index in [0.29, 0.717) is 11.0 Å². The Bertz CT molecular complexity index is 688. The fourth-order valence-electron chi connectivity index (χ4n) is 4.12. The molecule has 148 valence electrons. The van der Waals surface area contributed by atoms with E-state index >= 15 is 0 Å². The molecule has 2 saturated heterocycles. The van der Waals surface area contributed by atoms with Crippen molar-refractivity contribution >= 4 is 28.9 Å². The Hall–Kier alpha value is -1.73. The Balaban J connectivity index is 1.64. The molecule has 2 atom stereocenters. The van der Waals surface area contributed by atoms with Crippen molar-refractivity contribution in [2.45, 2.75) is 51.7 Å². The number of carbonyl (C=O) groups is 1. The van der Waals surface area contributed by atoms with E-state index in [2.05, 4.69) is 29.4 Å². The molecule has 0 aromatic heterocycles. The number of carbonyl (C=O) groups excluding carboxylic acids is 1. The number of nitrogens with zero attached hydrogens (tertiary/aromatic N) is 2. The van der Waals surface area contributed by atoms with Crippen LogP contribution >= 0.6 is 12.2 Å². The minimum Gasteiger partial charge on any atom is -0.349 e. The highest BCUT2D eigenvalue weighted by molar-refractivity contribution is 7.80. The number of hydrogen-bond donors (Lipinski definition) is 2. The lowest BCUT2D eigenvalue weighted by Crippen LogP contribution is -2.60. The lowest BCUT2D eigenvalue weighted by molar-refractivity contribution is -0.133. The molecule has 2 heterocycles. The van der Waals surface area contributed by atoms with Crippen molar-refractivity contribution in [1.82, 2.24) is 15.1 Å². The molecule has 0 saturated carbocycles. The van der Waals surface area contributed by atoms with Gasteiger partial charge in [0.1, 0.15) is 5.82 Å². The first-order valence-corrected chi connectivity index (χ1v) is 10.2. The minimum absolute atomic E-state index is 0.0919. The van der Waals surface area contributed by atoms with Crippen LogP contribution in [0.15, 0.2) is 24.3 Å². The van der Waals surface area contributed by atoms with E-state index in [4.69, 9.17) is 12.2 Å². The predicted octanol–water partition coefficient (Wildman–Crippen LogP) is 3.18. The monoisotopic (exact) mass is 392 g/mol. The van der Waals surface area contributed by atoms with Crippen molar-refractivity contribution in [3.63, 3.8) is 0 Å². The predicted molar refractivity (Wildman–Crippen MR) is 110 cm³/mol. The highest BCUT2D eigenvalue weighted by atomic mass is 32.1. The number of amides is 1. The van der Waals surface area contributed by atoms with Crippen LogP contribution < -0.4 is 10.6 Å². The SMILES string of the molecule is CC[C@@H](C)[C@@H]1NC2(CCN(C(=S)Nc3ccc(F)cc3)CC2)N(CC)C1=O. The van der Waals surface area contributed by atoms with Gasteiger partial charge in [0.05, 0.1) is 11.7 Å². The van der Waals surface area contributed by atoms with Gasteiger partial charge < -0.3 is 15.1 Å². The van der Waals surface area contributed by atoms with Gasteiger partial charge in [0.15, 0.2) is 5.11 Å². The van der Waals surface area contributed by atoms with Gasteiger partial charge >= 0.3 is 0 Å². The Morgan fingerprint density at radius 1 is 1.33 bits per heavy atom. The Labute approximate surface area is 166 Å². The number of hydrogen-bond acceptors (Lipinski definition) is 3. The smallest absolute Gasteiger partial charge is 0.241 e. The van der Waals surface area contributed by atoms with Crippen molar-refractivity contribution in [2.24, 2.45) is 5.92 Å². The third-order valence-corrected chi connectivity index (χ3v) is 6.34. The maximum Gasteiger partial charge on any atom is 0.241 e. The van der Waals surface area contributed by atoms with E-state index in [-0.39, 0.29) is 23.4 Å². The van der Waals surface area contributed by atoms with Crippen LogP contribution in [0.2, 0.25) is 0 Å². The second kappa shape index (κ2) is 8.10. The Morgan fingerprint density at radius 3 is 2.52 bits per heavy atom. The zero-order chi connectivity index (χ0) is 19.6. The molecule has 27 heavy (non-hydrogen) atoms. The number of piperidine rings is 1. The molecule has 0 aliphatic carbocycles. The van der Waals surface area contributed by atoms with Crippen molar-refractivity contribution in [3.8, 4) is 0 Å². The van der Waals surface area contributed by atoms with E-state index in [9.17, 15) is 9.18 Å². The molecule has 2 aliphatic rings. The highest BCUT2D eigenvalue weighted by Gasteiger charge is 2.51. The fourth-order valence-corrected chi connectivity index (χ4v) is 4.42. The molecule has 2 fully saturated rings. The third kappa shape index (κ3) is 3.94. The second-order valence-electron chi connectivity index (χ2n) is 7.55. The number of likely N-dealkylation sites (tertiary alicyclic amines) is 1. The molecule has 0 bridgehead atoms. The highest BCUT2D eigenvalue weighted by Crippen LogP contribution is 2.34. The summed E-state index contributed by atoms with van der Waals surface area (Å²) in [5, 5.41) is 7.49. The molecule has 7 heteroatoms. The van der Waals surface area contributed by atoms with Gasteiger partial charge in [-0.15, -0.1) is 0 Å². The largest absolute Gasteiger partial charge is 0.349 e. The van der Waals surface area contributed by atoms with Gasteiger partial charge in [0.25, 0.3) is 0 Å². The zero-order valence-electron chi connectivity index (χ0n) is 16.3. The summed E-state index contributed by atoms with van der Waals surface area (Å²) in [6, 6.07) is 6.10. The minimum atomic E-state index is -0.265. The maximum atomic E-state index is 13.1. The Kier molecular flexibility index (Phi) is 6.01. The van der Waals surface area contributed by atoms with E-state index in [1.54, 1.807) is 12.1 Å². The van der Waals surface area contributed by atoms with Crippen LogP contribution in [0.1, 0.15) is 40.0 Å². The van der Waals surface area contributed by atoms with Crippen LogP contribution in [0.25, 0.3) is 0 Å². The molecule has 2 aliphatic heterocycles. The fraction of sp³-hybridized carbons (Fsp3) is 0.600. The molecular weight excluding hydrogens is 363 g/mol. The lowest BCUT2D eigenvalue weighted by Gasteiger charge is -2.45. The van der Waals surface area contributed by atoms with Gasteiger partial charge in [-0.1, -0.05) is 20.3 Å². The average molecular weight is 393 g/mol. The second-order valence-corrected chi connectivity index (χ2v) is 7.93. The first-order chi connectivity index (χ1) is 12.9. The van der Waals surface area contributed by atoms with Crippen LogP contribution in [0.3, 0.4) is 0 Å². The average Bonchev–Trinajstić information content (AvgIpc) is 2.94. The normalized spacial score (nSPS) is 23.0. The van der Waals surface area contributed by atoms with Gasteiger partial charge in [0.2, 0.25) is 5.91 Å². The molecule has 1 spiro atoms. The molecule has 3 rings (SSSR count). The molecule has 2 N–H and O–H groups in total. The van der Waals surface area contributed by atoms with Gasteiger partial charge in [-0.25, -0.2) is 4.39 Å². The van der Waals surface area contributed by atoms with Crippen LogP contribution in [-0.2, 0) is 4.79 Å². The summed E-state index contributed by atoms with van der Waals surface area (Å²) in [4.78, 5) is 17.0. The number of benzene rings is 1. The van der Waals surface area contributed by atoms with Crippen LogP contribution in [0, 0.1) is 11.7 Å². The number of thiocarbonyl (C=S) groups is 1. The van der Waals surface area contributed by atoms with Crippen LogP contribution in [0.5, 0.6) is 0 Å². The van der Waals surface area contributed by atoms with Crippen molar-refractivity contribution < 1.29 is 9.18 Å². The number of halogens is 1. The van der Waals surface area contributed by atoms with Gasteiger partial charge in [-0.05, 0) is 49.3 Å². The topological polar surface area (TPSA) is 47.6 Å². The van der Waals surface area contributed by atoms with Gasteiger partial charge in [-0.2, -0.15) is 0 Å². The first kappa shape index (κ1) is 20.0. The summed E-state index contributed by atoms with van der Waals surface area (Å²) >= 11 is 5.54. The van der Waals surface area contributed by atoms with E-state index in [1.807, 2.05) is 11.8 Å². The number of nitrogens with one attached hydrogen (secondary N) is 2. The van der Waals surface area contributed by atoms with Crippen molar-refractivity contribution in [2.75, 3.05) is 25.0 Å². The standard InChI is InChI=1S/C20H29FN4OS/c1-4-14(3)17-18(26)25(5-2)20(23-17)10-12-24(13-11-20)19(27)22-16-8-6-15(21)7-9-16/h6-9,14,17,23H,4-5,10-13H2,1-3H3,(H,22,27)/t14-,17+/m1/s1. The maximum absolute atomic E-state index is 13.1. The third-order valence-electron chi connectivity index (χ3n) is 5.98. The Morgan fingerprint density at radius 2 is 1.96 bits per heavy atom. The zero-order valence-corrected chi connectivity index (χ0v) is 17.1. The van der Waals surface area contributed by atoms with Crippen LogP contribution in [-0.4, -0.2) is 52.2 Å². The van der Waals surface area contributed by atoms with Gasteiger partial charge in [0, 0.05) is 38.2 Å². The van der Waals surface area contributed by atoms with Gasteiger partial charge in [-0.3, -0.25) is 10.1 Å². The molecule has 1 aromatic carbocycles. The number of anilines is 1. The lowest BCUT2D eigenvalue weighted by atomic mass is 9.95. The molecular formula is C20H29FN4OS. The van der Waals surface area contributed by atoms with Crippen molar-refractivity contribution in [1.29, 1.82) is 0 Å². The van der Waals surface area contributed by atoms with E-state index < -0.39 is 0 Å².